The van der Waals surface area contributed by atoms with E-state index in [4.69, 9.17) is 21.3 Å². The van der Waals surface area contributed by atoms with E-state index in [2.05, 4.69) is 30.0 Å². The summed E-state index contributed by atoms with van der Waals surface area (Å²) in [5.74, 6) is 2.08. The fourth-order valence-electron chi connectivity index (χ4n) is 3.05. The third-order valence-corrected chi connectivity index (χ3v) is 4.70. The van der Waals surface area contributed by atoms with E-state index in [-0.39, 0.29) is 6.10 Å². The fraction of sp³-hybridized carbons (Fsp3) is 0.471. The van der Waals surface area contributed by atoms with Crippen molar-refractivity contribution in [1.82, 2.24) is 4.98 Å². The highest BCUT2D eigenvalue weighted by Crippen LogP contribution is 2.29. The Kier molecular flexibility index (Phi) is 4.32. The second kappa shape index (κ2) is 6.20. The van der Waals surface area contributed by atoms with Crippen LogP contribution in [-0.2, 0) is 10.6 Å². The molecule has 4 heteroatoms. The summed E-state index contributed by atoms with van der Waals surface area (Å²) in [5.41, 5.74) is 2.12. The van der Waals surface area contributed by atoms with Crippen LogP contribution in [0.5, 0.6) is 0 Å². The molecule has 2 heterocycles. The molecule has 2 atom stereocenters. The monoisotopic (exact) mass is 304 g/mol. The number of hydrogen-bond donors (Lipinski definition) is 0. The molecule has 3 nitrogen and oxygen atoms in total. The van der Waals surface area contributed by atoms with E-state index < -0.39 is 0 Å². The van der Waals surface area contributed by atoms with E-state index in [1.165, 1.54) is 0 Å². The lowest BCUT2D eigenvalue weighted by molar-refractivity contribution is 0.0496. The molecule has 0 aliphatic carbocycles. The number of ether oxygens (including phenoxy) is 1. The molecule has 1 aliphatic rings. The first-order valence-electron chi connectivity index (χ1n) is 7.45. The Morgan fingerprint density at radius 1 is 1.38 bits per heavy atom. The Hall–Kier alpha value is -1.32. The van der Waals surface area contributed by atoms with Crippen LogP contribution in [0.25, 0.3) is 10.9 Å². The molecule has 0 spiro atoms. The number of nitrogens with zero attached hydrogens (tertiary/aromatic N) is 2. The maximum atomic E-state index is 6.15. The minimum atomic E-state index is 0.259. The van der Waals surface area contributed by atoms with Gasteiger partial charge < -0.3 is 9.64 Å². The molecule has 21 heavy (non-hydrogen) atoms. The second-order valence-corrected chi connectivity index (χ2v) is 6.05. The third-order valence-electron chi connectivity index (χ3n) is 4.42. The van der Waals surface area contributed by atoms with Gasteiger partial charge >= 0.3 is 0 Å². The van der Waals surface area contributed by atoms with Gasteiger partial charge in [0, 0.05) is 31.1 Å². The average Bonchev–Trinajstić information content (AvgIpc) is 2.54. The van der Waals surface area contributed by atoms with Crippen LogP contribution < -0.4 is 4.90 Å². The molecule has 112 valence electrons. The van der Waals surface area contributed by atoms with E-state index in [1.807, 2.05) is 12.1 Å². The molecule has 1 aliphatic heterocycles. The molecule has 2 aromatic rings. The summed E-state index contributed by atoms with van der Waals surface area (Å²) in [6, 6.07) is 10.3. The summed E-state index contributed by atoms with van der Waals surface area (Å²) in [6.07, 6.45) is 1.38. The zero-order valence-electron chi connectivity index (χ0n) is 12.6. The first-order valence-corrected chi connectivity index (χ1v) is 7.98. The van der Waals surface area contributed by atoms with Gasteiger partial charge in [-0.1, -0.05) is 25.1 Å². The largest absolute Gasteiger partial charge is 0.379 e. The Morgan fingerprint density at radius 3 is 2.95 bits per heavy atom. The van der Waals surface area contributed by atoms with Crippen LogP contribution in [0, 0.1) is 5.92 Å². The van der Waals surface area contributed by atoms with Crippen molar-refractivity contribution >= 4 is 28.3 Å². The van der Waals surface area contributed by atoms with Gasteiger partial charge in [-0.2, -0.15) is 0 Å². The number of halogens is 1. The minimum absolute atomic E-state index is 0.259. The molecule has 1 aromatic heterocycles. The lowest BCUT2D eigenvalue weighted by Crippen LogP contribution is -2.44. The normalized spacial score (nSPS) is 22.7. The Labute approximate surface area is 130 Å². The molecule has 0 N–H and O–H groups in total. The van der Waals surface area contributed by atoms with Gasteiger partial charge in [-0.05, 0) is 24.5 Å². The van der Waals surface area contributed by atoms with Crippen molar-refractivity contribution in [1.29, 1.82) is 0 Å². The molecule has 0 amide bonds. The van der Waals surface area contributed by atoms with Crippen molar-refractivity contribution in [2.45, 2.75) is 25.3 Å². The maximum Gasteiger partial charge on any atom is 0.133 e. The average molecular weight is 305 g/mol. The number of pyridine rings is 1. The first kappa shape index (κ1) is 14.6. The number of rotatable bonds is 3. The molecule has 1 aromatic carbocycles. The quantitative estimate of drug-likeness (QED) is 0.806. The van der Waals surface area contributed by atoms with Gasteiger partial charge in [-0.25, -0.2) is 4.98 Å². The summed E-state index contributed by atoms with van der Waals surface area (Å²) in [6.45, 7) is 4.14. The van der Waals surface area contributed by atoms with E-state index >= 15 is 0 Å². The van der Waals surface area contributed by atoms with Crippen molar-refractivity contribution < 1.29 is 4.74 Å². The van der Waals surface area contributed by atoms with Gasteiger partial charge in [0.05, 0.1) is 17.5 Å². The second-order valence-electron chi connectivity index (χ2n) is 5.78. The highest BCUT2D eigenvalue weighted by molar-refractivity contribution is 6.17. The van der Waals surface area contributed by atoms with Crippen LogP contribution in [0.4, 0.5) is 5.82 Å². The van der Waals surface area contributed by atoms with Gasteiger partial charge in [0.25, 0.3) is 0 Å². The number of aromatic nitrogens is 1. The van der Waals surface area contributed by atoms with E-state index in [0.29, 0.717) is 11.8 Å². The highest BCUT2D eigenvalue weighted by atomic mass is 35.5. The lowest BCUT2D eigenvalue weighted by atomic mass is 9.95. The molecule has 0 radical (unpaired) electrons. The van der Waals surface area contributed by atoms with Crippen molar-refractivity contribution in [3.8, 4) is 0 Å². The molecular weight excluding hydrogens is 284 g/mol. The fourth-order valence-corrected chi connectivity index (χ4v) is 3.25. The Balaban J connectivity index is 1.98. The van der Waals surface area contributed by atoms with E-state index in [0.717, 1.165) is 41.8 Å². The predicted molar refractivity (Wildman–Crippen MR) is 88.1 cm³/mol. The summed E-state index contributed by atoms with van der Waals surface area (Å²) in [4.78, 5) is 7.17. The zero-order chi connectivity index (χ0) is 14.8. The van der Waals surface area contributed by atoms with Gasteiger partial charge in [0.2, 0.25) is 0 Å². The maximum absolute atomic E-state index is 6.15. The van der Waals surface area contributed by atoms with Crippen molar-refractivity contribution in [3.63, 3.8) is 0 Å². The number of piperidine rings is 1. The van der Waals surface area contributed by atoms with Crippen LogP contribution in [0.1, 0.15) is 18.9 Å². The molecule has 0 bridgehead atoms. The Bertz CT molecular complexity index is 631. The van der Waals surface area contributed by atoms with Gasteiger partial charge in [0.15, 0.2) is 0 Å². The zero-order valence-corrected chi connectivity index (χ0v) is 13.3. The van der Waals surface area contributed by atoms with E-state index in [1.54, 1.807) is 7.11 Å². The van der Waals surface area contributed by atoms with Gasteiger partial charge in [-0.3, -0.25) is 0 Å². The summed E-state index contributed by atoms with van der Waals surface area (Å²) >= 11 is 6.15. The third kappa shape index (κ3) is 2.85. The highest BCUT2D eigenvalue weighted by Gasteiger charge is 2.27. The number of fused-ring (bicyclic) bond motifs is 1. The van der Waals surface area contributed by atoms with Crippen LogP contribution >= 0.6 is 11.6 Å². The van der Waals surface area contributed by atoms with Crippen molar-refractivity contribution in [2.24, 2.45) is 5.92 Å². The summed E-state index contributed by atoms with van der Waals surface area (Å²) in [7, 11) is 1.79. The number of benzene rings is 1. The molecule has 0 saturated carbocycles. The minimum Gasteiger partial charge on any atom is -0.379 e. The number of hydrogen-bond acceptors (Lipinski definition) is 3. The van der Waals surface area contributed by atoms with Crippen LogP contribution in [0.15, 0.2) is 30.3 Å². The van der Waals surface area contributed by atoms with Crippen LogP contribution in [0.2, 0.25) is 0 Å². The number of para-hydroxylation sites is 1. The Morgan fingerprint density at radius 2 is 2.19 bits per heavy atom. The molecule has 3 rings (SSSR count). The predicted octanol–water partition coefficient (Wildman–Crippen LogP) is 3.83. The topological polar surface area (TPSA) is 25.4 Å². The lowest BCUT2D eigenvalue weighted by Gasteiger charge is -2.37. The number of methoxy groups -OCH3 is 1. The molecule has 2 unspecified atom stereocenters. The molecule has 1 fully saturated rings. The number of anilines is 1. The van der Waals surface area contributed by atoms with Crippen LogP contribution in [0.3, 0.4) is 0 Å². The van der Waals surface area contributed by atoms with Gasteiger partial charge in [0.1, 0.15) is 5.82 Å². The van der Waals surface area contributed by atoms with Crippen molar-refractivity contribution in [2.75, 3.05) is 25.1 Å². The molecular formula is C17H21ClN2O. The summed E-state index contributed by atoms with van der Waals surface area (Å²) < 4.78 is 5.61. The summed E-state index contributed by atoms with van der Waals surface area (Å²) in [5, 5.41) is 1.14. The number of alkyl halides is 1. The SMILES string of the molecule is COC1CN(c2nc3ccccc3cc2CCl)CCC1C. The molecule has 1 saturated heterocycles. The van der Waals surface area contributed by atoms with E-state index in [9.17, 15) is 0 Å². The van der Waals surface area contributed by atoms with Gasteiger partial charge in [-0.15, -0.1) is 11.6 Å². The van der Waals surface area contributed by atoms with Crippen molar-refractivity contribution in [3.05, 3.63) is 35.9 Å². The first-order chi connectivity index (χ1) is 10.2. The van der Waals surface area contributed by atoms with Crippen LogP contribution in [-0.4, -0.2) is 31.3 Å². The smallest absolute Gasteiger partial charge is 0.133 e. The standard InChI is InChI=1S/C17H21ClN2O/c1-12-7-8-20(11-16(12)21-2)17-14(10-18)9-13-5-3-4-6-15(13)19-17/h3-6,9,12,16H,7-8,10-11H2,1-2H3.